The predicted octanol–water partition coefficient (Wildman–Crippen LogP) is 1.03. The van der Waals surface area contributed by atoms with Crippen LogP contribution in [-0.2, 0) is 36.3 Å². The maximum Gasteiger partial charge on any atom is 0.345 e. The molecule has 3 rings (SSSR count). The number of hydrogen-bond acceptors (Lipinski definition) is 5. The van der Waals surface area contributed by atoms with E-state index in [-0.39, 0.29) is 0 Å². The van der Waals surface area contributed by atoms with Gasteiger partial charge in [0.15, 0.2) is 17.1 Å². The first-order valence-corrected chi connectivity index (χ1v) is 9.67. The van der Waals surface area contributed by atoms with Gasteiger partial charge in [0.25, 0.3) is 5.56 Å². The molecule has 1 aliphatic rings. The lowest BCUT2D eigenvalue weighted by Crippen LogP contribution is -2.20. The lowest BCUT2D eigenvalue weighted by molar-refractivity contribution is 0.0691. The number of carboxylic acids is 1. The van der Waals surface area contributed by atoms with Crippen molar-refractivity contribution in [2.45, 2.75) is 38.5 Å². The summed E-state index contributed by atoms with van der Waals surface area (Å²) in [6.45, 7) is 2.61. The number of rotatable bonds is 4. The Morgan fingerprint density at radius 3 is 2.76 bits per heavy atom. The first-order chi connectivity index (χ1) is 11.8. The topological polar surface area (TPSA) is 131 Å². The molecule has 0 radical (unpaired) electrons. The van der Waals surface area contributed by atoms with E-state index < -0.39 is 34.0 Å². The zero-order valence-corrected chi connectivity index (χ0v) is 14.8. The smallest absolute Gasteiger partial charge is 0.345 e. The van der Waals surface area contributed by atoms with Crippen LogP contribution >= 0.6 is 0 Å². The van der Waals surface area contributed by atoms with Crippen LogP contribution in [-0.4, -0.2) is 41.5 Å². The molecule has 0 saturated heterocycles. The standard InChI is InChI=1S/C16H19N3O5S/c1-3-19-9-6-4-5-8-12(13(9)17-10(19)7-25(2)24)18-15(21)11(14(8)20)16(22)23/h3-7H2,1-2H3,(H,22,23)(H2,18,20,21). The summed E-state index contributed by atoms with van der Waals surface area (Å²) < 4.78 is 13.6. The molecule has 0 spiro atoms. The molecule has 2 heterocycles. The molecule has 0 amide bonds. The number of hydrogen-bond donors (Lipinski definition) is 3. The van der Waals surface area contributed by atoms with Crippen LogP contribution < -0.4 is 5.56 Å². The minimum absolute atomic E-state index is 0.291. The number of imidazole rings is 1. The Balaban J connectivity index is 2.28. The van der Waals surface area contributed by atoms with E-state index in [0.29, 0.717) is 54.3 Å². The Hall–Kier alpha value is -2.26. The zero-order chi connectivity index (χ0) is 18.3. The first kappa shape index (κ1) is 17.6. The van der Waals surface area contributed by atoms with Gasteiger partial charge >= 0.3 is 5.97 Å². The molecule has 0 aromatic carbocycles. The van der Waals surface area contributed by atoms with Gasteiger partial charge in [-0.3, -0.25) is 4.79 Å². The van der Waals surface area contributed by atoms with E-state index in [2.05, 4.69) is 9.97 Å². The molecule has 2 aromatic heterocycles. The van der Waals surface area contributed by atoms with Crippen molar-refractivity contribution in [2.75, 3.05) is 6.26 Å². The van der Waals surface area contributed by atoms with E-state index >= 15 is 0 Å². The van der Waals surface area contributed by atoms with E-state index in [9.17, 15) is 19.2 Å². The lowest BCUT2D eigenvalue weighted by Gasteiger charge is -2.09. The number of nitrogens with one attached hydrogen (secondary N) is 1. The summed E-state index contributed by atoms with van der Waals surface area (Å²) >= 11 is -1.07. The third-order valence-corrected chi connectivity index (χ3v) is 5.05. The van der Waals surface area contributed by atoms with Crippen LogP contribution in [0, 0.1) is 0 Å². The fourth-order valence-electron chi connectivity index (χ4n) is 3.36. The highest BCUT2D eigenvalue weighted by Crippen LogP contribution is 2.36. The third-order valence-electron chi connectivity index (χ3n) is 4.38. The van der Waals surface area contributed by atoms with Crippen LogP contribution in [0.15, 0.2) is 4.79 Å². The highest BCUT2D eigenvalue weighted by molar-refractivity contribution is 7.89. The molecular weight excluding hydrogens is 346 g/mol. The fourth-order valence-corrected chi connectivity index (χ4v) is 3.95. The van der Waals surface area contributed by atoms with Crippen LogP contribution in [0.2, 0.25) is 0 Å². The number of aromatic nitrogens is 3. The maximum atomic E-state index is 12.1. The first-order valence-electron chi connectivity index (χ1n) is 7.95. The second-order valence-electron chi connectivity index (χ2n) is 5.98. The summed E-state index contributed by atoms with van der Waals surface area (Å²) in [5.41, 5.74) is 0.672. The summed E-state index contributed by atoms with van der Waals surface area (Å²) in [6, 6.07) is 0. The number of carbonyl (C=O) groups is 1. The van der Waals surface area contributed by atoms with Gasteiger partial charge in [0.05, 0.1) is 11.9 Å². The van der Waals surface area contributed by atoms with Gasteiger partial charge in [-0.25, -0.2) is 9.78 Å². The van der Waals surface area contributed by atoms with E-state index in [1.165, 1.54) is 0 Å². The van der Waals surface area contributed by atoms with Crippen molar-refractivity contribution in [1.29, 1.82) is 0 Å². The Bertz CT molecular complexity index is 900. The molecule has 0 saturated carbocycles. The van der Waals surface area contributed by atoms with Gasteiger partial charge in [0.2, 0.25) is 0 Å². The summed E-state index contributed by atoms with van der Waals surface area (Å²) in [4.78, 5) is 30.5. The third kappa shape index (κ3) is 2.93. The van der Waals surface area contributed by atoms with Gasteiger partial charge in [-0.2, -0.15) is 0 Å². The van der Waals surface area contributed by atoms with Crippen molar-refractivity contribution >= 4 is 17.1 Å². The number of carboxylic acid groups (broad SMARTS) is 1. The molecule has 134 valence electrons. The Morgan fingerprint density at radius 1 is 1.44 bits per heavy atom. The molecule has 9 heteroatoms. The van der Waals surface area contributed by atoms with Gasteiger partial charge < -0.3 is 24.3 Å². The lowest BCUT2D eigenvalue weighted by atomic mass is 10.0. The minimum Gasteiger partial charge on any atom is -0.616 e. The van der Waals surface area contributed by atoms with Crippen molar-refractivity contribution in [3.63, 3.8) is 0 Å². The molecule has 25 heavy (non-hydrogen) atoms. The quantitative estimate of drug-likeness (QED) is 0.694. The number of pyridine rings is 1. The summed E-state index contributed by atoms with van der Waals surface area (Å²) in [7, 11) is 0. The van der Waals surface area contributed by atoms with Gasteiger partial charge in [-0.1, -0.05) is 0 Å². The van der Waals surface area contributed by atoms with Gasteiger partial charge in [0, 0.05) is 17.8 Å². The number of fused-ring (bicyclic) bond motifs is 3. The average Bonchev–Trinajstić information content (AvgIpc) is 2.75. The normalized spacial score (nSPS) is 14.5. The van der Waals surface area contributed by atoms with Gasteiger partial charge in [-0.15, -0.1) is 0 Å². The number of aromatic amines is 1. The number of nitrogens with zero attached hydrogens (tertiary/aromatic N) is 2. The summed E-state index contributed by atoms with van der Waals surface area (Å²) in [6.07, 6.45) is 3.39. The van der Waals surface area contributed by atoms with Crippen LogP contribution in [0.25, 0.3) is 11.4 Å². The minimum atomic E-state index is -1.47. The highest BCUT2D eigenvalue weighted by Gasteiger charge is 2.29. The molecule has 8 nitrogen and oxygen atoms in total. The predicted molar refractivity (Wildman–Crippen MR) is 92.4 cm³/mol. The maximum absolute atomic E-state index is 12.1. The van der Waals surface area contributed by atoms with Crippen molar-refractivity contribution in [1.82, 2.24) is 14.5 Å². The largest absolute Gasteiger partial charge is 0.616 e. The average molecular weight is 365 g/mol. The molecule has 1 unspecified atom stereocenters. The van der Waals surface area contributed by atoms with Crippen LogP contribution in [0.3, 0.4) is 0 Å². The molecule has 0 fully saturated rings. The molecule has 1 atom stereocenters. The van der Waals surface area contributed by atoms with E-state index in [0.717, 1.165) is 5.69 Å². The van der Waals surface area contributed by atoms with Gasteiger partial charge in [0.1, 0.15) is 11.4 Å². The van der Waals surface area contributed by atoms with Gasteiger partial charge in [-0.05, 0) is 37.4 Å². The van der Waals surface area contributed by atoms with Crippen molar-refractivity contribution in [3.8, 4) is 17.1 Å². The number of aromatic hydroxyl groups is 1. The highest BCUT2D eigenvalue weighted by atomic mass is 32.2. The van der Waals surface area contributed by atoms with Crippen molar-refractivity contribution in [2.24, 2.45) is 0 Å². The molecule has 0 aliphatic heterocycles. The van der Waals surface area contributed by atoms with E-state index in [1.54, 1.807) is 6.26 Å². The fraction of sp³-hybridized carbons (Fsp3) is 0.438. The zero-order valence-electron chi connectivity index (χ0n) is 14.0. The molecule has 2 aromatic rings. The summed E-state index contributed by atoms with van der Waals surface area (Å²) in [5, 5.41) is 19.5. The van der Waals surface area contributed by atoms with Crippen LogP contribution in [0.1, 0.15) is 40.8 Å². The molecule has 3 N–H and O–H groups in total. The second kappa shape index (κ2) is 6.57. The summed E-state index contributed by atoms with van der Waals surface area (Å²) in [5.74, 6) is -1.01. The number of H-pyrrole nitrogens is 1. The Kier molecular flexibility index (Phi) is 4.61. The van der Waals surface area contributed by atoms with E-state index in [4.69, 9.17) is 5.11 Å². The molecule has 1 aliphatic carbocycles. The van der Waals surface area contributed by atoms with Crippen molar-refractivity contribution in [3.05, 3.63) is 33.0 Å². The second-order valence-corrected chi connectivity index (χ2v) is 7.41. The van der Waals surface area contributed by atoms with Crippen LogP contribution in [0.5, 0.6) is 5.75 Å². The molecular formula is C16H19N3O5S. The van der Waals surface area contributed by atoms with Crippen molar-refractivity contribution < 1.29 is 19.6 Å². The molecule has 0 bridgehead atoms. The monoisotopic (exact) mass is 365 g/mol. The SMILES string of the molecule is CCn1c(C[S+](C)[O-])nc2c1CCCc1c-2[nH]c(=O)c(C(=O)O)c1O. The van der Waals surface area contributed by atoms with Crippen LogP contribution in [0.4, 0.5) is 0 Å². The van der Waals surface area contributed by atoms with E-state index in [1.807, 2.05) is 11.5 Å². The Labute approximate surface area is 146 Å². The Morgan fingerprint density at radius 2 is 2.16 bits per heavy atom. The number of aromatic carboxylic acids is 1.